The van der Waals surface area contributed by atoms with Crippen molar-refractivity contribution in [2.24, 2.45) is 0 Å². The number of benzene rings is 1. The van der Waals surface area contributed by atoms with Crippen LogP contribution >= 0.6 is 0 Å². The Kier molecular flexibility index (Phi) is 5.45. The largest absolute Gasteiger partial charge is 0.497 e. The van der Waals surface area contributed by atoms with Crippen LogP contribution in [0.15, 0.2) is 27.4 Å². The quantitative estimate of drug-likeness (QED) is 0.754. The molecule has 0 amide bonds. The van der Waals surface area contributed by atoms with Crippen molar-refractivity contribution in [2.45, 2.75) is 39.8 Å². The smallest absolute Gasteiger partial charge is 0.341 e. The highest BCUT2D eigenvalue weighted by atomic mass is 16.5. The molecule has 1 aromatic heterocycles. The first-order valence-electron chi connectivity index (χ1n) is 9.16. The predicted octanol–water partition coefficient (Wildman–Crippen LogP) is 2.89. The zero-order valence-corrected chi connectivity index (χ0v) is 15.7. The van der Waals surface area contributed by atoms with Crippen LogP contribution in [0, 0.1) is 0 Å². The van der Waals surface area contributed by atoms with Crippen LogP contribution in [-0.2, 0) is 13.0 Å². The number of nitrogens with zero attached hydrogens (tertiary/aromatic N) is 2. The van der Waals surface area contributed by atoms with Gasteiger partial charge in [-0.3, -0.25) is 9.80 Å². The third kappa shape index (κ3) is 3.58. The minimum absolute atomic E-state index is 0.212. The molecule has 5 heteroatoms. The summed E-state index contributed by atoms with van der Waals surface area (Å²) in [5, 5.41) is 1.03. The molecule has 2 heterocycles. The molecule has 136 valence electrons. The van der Waals surface area contributed by atoms with Gasteiger partial charge in [-0.05, 0) is 44.1 Å². The molecule has 0 N–H and O–H groups in total. The van der Waals surface area contributed by atoms with Gasteiger partial charge in [0.15, 0.2) is 0 Å². The number of likely N-dealkylation sites (N-methyl/N-ethyl adjacent to an activating group) is 1. The maximum absolute atomic E-state index is 12.5. The number of methoxy groups -OCH3 is 1. The molecule has 1 atom stereocenters. The Bertz CT molecular complexity index is 795. The summed E-state index contributed by atoms with van der Waals surface area (Å²) in [7, 11) is 1.62. The Morgan fingerprint density at radius 2 is 2.04 bits per heavy atom. The van der Waals surface area contributed by atoms with Crippen molar-refractivity contribution in [3.05, 3.63) is 39.7 Å². The Morgan fingerprint density at radius 1 is 1.28 bits per heavy atom. The highest BCUT2D eigenvalue weighted by Gasteiger charge is 2.24. The molecular weight excluding hydrogens is 316 g/mol. The van der Waals surface area contributed by atoms with Crippen molar-refractivity contribution in [3.8, 4) is 5.75 Å². The van der Waals surface area contributed by atoms with Gasteiger partial charge in [0.2, 0.25) is 0 Å². The minimum Gasteiger partial charge on any atom is -0.497 e. The van der Waals surface area contributed by atoms with E-state index in [4.69, 9.17) is 9.15 Å². The molecule has 5 nitrogen and oxygen atoms in total. The van der Waals surface area contributed by atoms with Gasteiger partial charge < -0.3 is 9.15 Å². The zero-order chi connectivity index (χ0) is 18.0. The lowest BCUT2D eigenvalue weighted by molar-refractivity contribution is 0.149. The van der Waals surface area contributed by atoms with Crippen LogP contribution < -0.4 is 10.4 Å². The number of fused-ring (bicyclic) bond motifs is 3. The first-order chi connectivity index (χ1) is 12.1. The third-order valence-electron chi connectivity index (χ3n) is 5.35. The van der Waals surface area contributed by atoms with Gasteiger partial charge in [-0.15, -0.1) is 0 Å². The summed E-state index contributed by atoms with van der Waals surface area (Å²) < 4.78 is 10.8. The molecule has 0 spiro atoms. The Morgan fingerprint density at radius 3 is 2.72 bits per heavy atom. The van der Waals surface area contributed by atoms with E-state index in [2.05, 4.69) is 30.6 Å². The van der Waals surface area contributed by atoms with E-state index in [9.17, 15) is 4.79 Å². The van der Waals surface area contributed by atoms with E-state index in [0.717, 1.165) is 49.1 Å². The Labute approximate surface area is 149 Å². The first-order valence-corrected chi connectivity index (χ1v) is 9.16. The fourth-order valence-corrected chi connectivity index (χ4v) is 3.92. The van der Waals surface area contributed by atoms with Crippen molar-refractivity contribution < 1.29 is 9.15 Å². The second-order valence-corrected chi connectivity index (χ2v) is 6.76. The highest BCUT2D eigenvalue weighted by molar-refractivity contribution is 5.82. The number of hydrogen-bond donors (Lipinski definition) is 0. The van der Waals surface area contributed by atoms with Crippen LogP contribution in [0.25, 0.3) is 11.0 Å². The molecular formula is C20H28N2O3. The van der Waals surface area contributed by atoms with Gasteiger partial charge in [-0.25, -0.2) is 4.79 Å². The lowest BCUT2D eigenvalue weighted by Gasteiger charge is -2.34. The van der Waals surface area contributed by atoms with Crippen LogP contribution in [0.4, 0.5) is 0 Å². The average Bonchev–Trinajstić information content (AvgIpc) is 2.62. The number of ether oxygens (including phenoxy) is 1. The Balaban J connectivity index is 1.86. The van der Waals surface area contributed by atoms with Crippen molar-refractivity contribution in [3.63, 3.8) is 0 Å². The fraction of sp³-hybridized carbons (Fsp3) is 0.550. The second kappa shape index (κ2) is 7.58. The molecule has 1 aromatic carbocycles. The van der Waals surface area contributed by atoms with Crippen LogP contribution in [0.2, 0.25) is 0 Å². The van der Waals surface area contributed by atoms with E-state index in [1.807, 2.05) is 12.1 Å². The van der Waals surface area contributed by atoms with Gasteiger partial charge in [-0.1, -0.05) is 13.8 Å². The number of hydrogen-bond acceptors (Lipinski definition) is 5. The van der Waals surface area contributed by atoms with E-state index in [0.29, 0.717) is 23.9 Å². The lowest BCUT2D eigenvalue weighted by atomic mass is 9.97. The molecule has 25 heavy (non-hydrogen) atoms. The highest BCUT2D eigenvalue weighted by Crippen LogP contribution is 2.28. The average molecular weight is 344 g/mol. The molecule has 0 bridgehead atoms. The fourth-order valence-electron chi connectivity index (χ4n) is 3.92. The molecule has 1 unspecified atom stereocenters. The SMILES string of the molecule is CCN(CC)C(C)CN1CCc2c(c(=O)oc3cc(OC)ccc23)C1. The molecule has 0 saturated carbocycles. The summed E-state index contributed by atoms with van der Waals surface area (Å²) in [6.07, 6.45) is 0.884. The molecule has 1 aliphatic rings. The van der Waals surface area contributed by atoms with Crippen molar-refractivity contribution in [1.29, 1.82) is 0 Å². The van der Waals surface area contributed by atoms with E-state index >= 15 is 0 Å². The van der Waals surface area contributed by atoms with E-state index < -0.39 is 0 Å². The van der Waals surface area contributed by atoms with E-state index in [1.54, 1.807) is 13.2 Å². The van der Waals surface area contributed by atoms with Gasteiger partial charge in [-0.2, -0.15) is 0 Å². The van der Waals surface area contributed by atoms with Crippen molar-refractivity contribution in [1.82, 2.24) is 9.80 Å². The molecule has 3 rings (SSSR count). The summed E-state index contributed by atoms with van der Waals surface area (Å²) in [5.41, 5.74) is 2.36. The first kappa shape index (κ1) is 18.0. The summed E-state index contributed by atoms with van der Waals surface area (Å²) in [6, 6.07) is 6.21. The van der Waals surface area contributed by atoms with Gasteiger partial charge >= 0.3 is 5.63 Å². The topological polar surface area (TPSA) is 45.9 Å². The van der Waals surface area contributed by atoms with Crippen molar-refractivity contribution >= 4 is 11.0 Å². The standard InChI is InChI=1S/C20H28N2O3/c1-5-22(6-2)14(3)12-21-10-9-16-17-8-7-15(24-4)11-19(17)25-20(23)18(16)13-21/h7-8,11,14H,5-6,9-10,12-13H2,1-4H3. The van der Waals surface area contributed by atoms with Gasteiger partial charge in [0.25, 0.3) is 0 Å². The Hall–Kier alpha value is -1.85. The monoisotopic (exact) mass is 344 g/mol. The summed E-state index contributed by atoms with van der Waals surface area (Å²) in [5.74, 6) is 0.709. The van der Waals surface area contributed by atoms with Crippen LogP contribution in [0.3, 0.4) is 0 Å². The summed E-state index contributed by atoms with van der Waals surface area (Å²) in [4.78, 5) is 17.3. The molecule has 1 aliphatic heterocycles. The van der Waals surface area contributed by atoms with Crippen LogP contribution in [-0.4, -0.2) is 49.1 Å². The summed E-state index contributed by atoms with van der Waals surface area (Å²) in [6.45, 7) is 11.4. The van der Waals surface area contributed by atoms with Gasteiger partial charge in [0, 0.05) is 37.1 Å². The van der Waals surface area contributed by atoms with Gasteiger partial charge in [0.1, 0.15) is 11.3 Å². The molecule has 0 aliphatic carbocycles. The summed E-state index contributed by atoms with van der Waals surface area (Å²) >= 11 is 0. The van der Waals surface area contributed by atoms with Crippen molar-refractivity contribution in [2.75, 3.05) is 33.3 Å². The molecule has 0 fully saturated rings. The maximum Gasteiger partial charge on any atom is 0.341 e. The third-order valence-corrected chi connectivity index (χ3v) is 5.35. The minimum atomic E-state index is -0.212. The van der Waals surface area contributed by atoms with Crippen LogP contribution in [0.5, 0.6) is 5.75 Å². The van der Waals surface area contributed by atoms with E-state index in [-0.39, 0.29) is 5.63 Å². The molecule has 0 saturated heterocycles. The predicted molar refractivity (Wildman–Crippen MR) is 100 cm³/mol. The normalized spacial score (nSPS) is 16.2. The molecule has 2 aromatic rings. The van der Waals surface area contributed by atoms with E-state index in [1.165, 1.54) is 0 Å². The zero-order valence-electron chi connectivity index (χ0n) is 15.7. The van der Waals surface area contributed by atoms with Crippen LogP contribution in [0.1, 0.15) is 31.9 Å². The second-order valence-electron chi connectivity index (χ2n) is 6.76. The van der Waals surface area contributed by atoms with Gasteiger partial charge in [0.05, 0.1) is 12.7 Å². The maximum atomic E-state index is 12.5. The lowest BCUT2D eigenvalue weighted by Crippen LogP contribution is -2.44. The number of rotatable bonds is 6. The molecule has 0 radical (unpaired) electrons.